The Bertz CT molecular complexity index is 1330. The second kappa shape index (κ2) is 7.33. The molecular weight excluding hydrogens is 426 g/mol. The first-order valence-corrected chi connectivity index (χ1v) is 12.4. The quantitative estimate of drug-likeness (QED) is 0.615. The zero-order valence-corrected chi connectivity index (χ0v) is 19.3. The first kappa shape index (κ1) is 21.0. The number of nitrogens with one attached hydrogen (secondary N) is 1. The fourth-order valence-corrected chi connectivity index (χ4v) is 6.21. The van der Waals surface area contributed by atoms with Gasteiger partial charge in [0, 0.05) is 35.9 Å². The summed E-state index contributed by atoms with van der Waals surface area (Å²) in [7, 11) is -0.659. The molecule has 0 bridgehead atoms. The molecule has 1 N–H and O–H groups in total. The van der Waals surface area contributed by atoms with Crippen LogP contribution in [0.3, 0.4) is 0 Å². The highest BCUT2D eigenvalue weighted by Crippen LogP contribution is 2.54. The maximum atomic E-state index is 13.5. The highest BCUT2D eigenvalue weighted by Gasteiger charge is 2.55. The van der Waals surface area contributed by atoms with Crippen molar-refractivity contribution >= 4 is 26.8 Å². The van der Waals surface area contributed by atoms with Gasteiger partial charge in [0.15, 0.2) is 0 Å². The lowest BCUT2D eigenvalue weighted by atomic mass is 9.77. The van der Waals surface area contributed by atoms with Gasteiger partial charge in [0.1, 0.15) is 0 Å². The van der Waals surface area contributed by atoms with Crippen molar-refractivity contribution in [3.63, 3.8) is 0 Å². The Balaban J connectivity index is 1.52. The van der Waals surface area contributed by atoms with Crippen LogP contribution in [0.2, 0.25) is 0 Å². The van der Waals surface area contributed by atoms with Gasteiger partial charge in [-0.15, -0.1) is 0 Å². The van der Waals surface area contributed by atoms with Crippen molar-refractivity contribution in [2.24, 2.45) is 7.05 Å². The summed E-state index contributed by atoms with van der Waals surface area (Å²) in [6.07, 6.45) is 8.21. The Labute approximate surface area is 187 Å². The van der Waals surface area contributed by atoms with Gasteiger partial charge in [0.2, 0.25) is 11.8 Å². The molecule has 7 nitrogen and oxygen atoms in total. The predicted molar refractivity (Wildman–Crippen MR) is 121 cm³/mol. The summed E-state index contributed by atoms with van der Waals surface area (Å²) in [4.78, 5) is 18.1. The molecule has 0 aliphatic heterocycles. The molecule has 0 atom stereocenters. The summed E-state index contributed by atoms with van der Waals surface area (Å²) >= 11 is 0. The molecule has 8 heteroatoms. The summed E-state index contributed by atoms with van der Waals surface area (Å²) < 4.78 is 36.3. The van der Waals surface area contributed by atoms with Crippen molar-refractivity contribution in [1.29, 1.82) is 0 Å². The van der Waals surface area contributed by atoms with Crippen LogP contribution in [0, 0.1) is 6.92 Å². The van der Waals surface area contributed by atoms with E-state index in [0.717, 1.165) is 35.0 Å². The number of aromatic nitrogens is 2. The minimum Gasteiger partial charge on any atom is -0.481 e. The third-order valence-electron chi connectivity index (χ3n) is 7.15. The van der Waals surface area contributed by atoms with Gasteiger partial charge in [0.05, 0.1) is 17.4 Å². The molecule has 2 aliphatic rings. The van der Waals surface area contributed by atoms with Crippen molar-refractivity contribution in [3.05, 3.63) is 53.3 Å². The number of ether oxygens (including phenoxy) is 1. The highest BCUT2D eigenvalue weighted by molar-refractivity contribution is 7.90. The molecule has 2 aromatic heterocycles. The normalized spacial score (nSPS) is 17.7. The van der Waals surface area contributed by atoms with Gasteiger partial charge >= 0.3 is 0 Å². The van der Waals surface area contributed by atoms with Crippen LogP contribution in [-0.4, -0.2) is 31.0 Å². The molecule has 1 aromatic carbocycles. The molecule has 0 saturated heterocycles. The lowest BCUT2D eigenvalue weighted by Crippen LogP contribution is -2.39. The Hall–Kier alpha value is -2.87. The van der Waals surface area contributed by atoms with Crippen molar-refractivity contribution < 1.29 is 17.9 Å². The lowest BCUT2D eigenvalue weighted by Gasteiger charge is -2.29. The van der Waals surface area contributed by atoms with E-state index >= 15 is 0 Å². The summed E-state index contributed by atoms with van der Waals surface area (Å²) in [6, 6.07) is 6.82. The number of amides is 1. The van der Waals surface area contributed by atoms with Crippen molar-refractivity contribution in [2.45, 2.75) is 55.3 Å². The number of carbonyl (C=O) groups is 1. The molecule has 2 aliphatic carbocycles. The number of sulfonamides is 1. The van der Waals surface area contributed by atoms with Crippen LogP contribution in [0.1, 0.15) is 54.7 Å². The Morgan fingerprint density at radius 2 is 2.00 bits per heavy atom. The maximum Gasteiger partial charge on any atom is 0.264 e. The van der Waals surface area contributed by atoms with Crippen LogP contribution in [0.25, 0.3) is 10.9 Å². The zero-order valence-electron chi connectivity index (χ0n) is 18.5. The molecule has 3 aromatic rings. The number of pyridine rings is 1. The van der Waals surface area contributed by atoms with Gasteiger partial charge in [-0.05, 0) is 67.9 Å². The van der Waals surface area contributed by atoms with Crippen LogP contribution in [0.4, 0.5) is 0 Å². The van der Waals surface area contributed by atoms with E-state index in [1.807, 2.05) is 30.8 Å². The molecule has 0 unspecified atom stereocenters. The molecule has 168 valence electrons. The van der Waals surface area contributed by atoms with Crippen LogP contribution in [-0.2, 0) is 27.3 Å². The van der Waals surface area contributed by atoms with E-state index in [-0.39, 0.29) is 4.90 Å². The number of fused-ring (bicyclic) bond motifs is 1. The number of benzene rings is 1. The number of aryl methyl sites for hydroxylation is 1. The average Bonchev–Trinajstić information content (AvgIpc) is 3.44. The van der Waals surface area contributed by atoms with Crippen LogP contribution < -0.4 is 9.46 Å². The van der Waals surface area contributed by atoms with Gasteiger partial charge in [-0.3, -0.25) is 4.79 Å². The molecule has 0 radical (unpaired) electrons. The monoisotopic (exact) mass is 453 g/mol. The van der Waals surface area contributed by atoms with Gasteiger partial charge < -0.3 is 9.30 Å². The summed E-state index contributed by atoms with van der Waals surface area (Å²) in [5.41, 5.74) is 2.73. The van der Waals surface area contributed by atoms with Gasteiger partial charge in [-0.2, -0.15) is 0 Å². The van der Waals surface area contributed by atoms with E-state index in [1.165, 1.54) is 19.6 Å². The van der Waals surface area contributed by atoms with Crippen molar-refractivity contribution in [3.8, 4) is 5.88 Å². The number of hydrogen-bond donors (Lipinski definition) is 1. The van der Waals surface area contributed by atoms with Crippen molar-refractivity contribution in [1.82, 2.24) is 14.3 Å². The van der Waals surface area contributed by atoms with E-state index in [4.69, 9.17) is 4.74 Å². The van der Waals surface area contributed by atoms with Crippen LogP contribution >= 0.6 is 0 Å². The standard InChI is InChI=1S/C24H27N3O4S/c1-15-18(16-6-4-7-16)14-25-22(31-3)21(15)24(11-12-24)23(28)26-32(29,30)20-9-5-8-19-17(20)10-13-27(19)2/h5,8-10,13-14,16H,4,6-7,11-12H2,1-3H3,(H,26,28). The molecule has 1 amide bonds. The number of methoxy groups -OCH3 is 1. The van der Waals surface area contributed by atoms with E-state index in [1.54, 1.807) is 18.3 Å². The topological polar surface area (TPSA) is 90.3 Å². The van der Waals surface area contributed by atoms with E-state index < -0.39 is 21.3 Å². The van der Waals surface area contributed by atoms with Crippen LogP contribution in [0.15, 0.2) is 41.6 Å². The largest absolute Gasteiger partial charge is 0.481 e. The molecule has 32 heavy (non-hydrogen) atoms. The first-order valence-electron chi connectivity index (χ1n) is 10.9. The third kappa shape index (κ3) is 3.11. The van der Waals surface area contributed by atoms with Gasteiger partial charge in [0.25, 0.3) is 10.0 Å². The number of hydrogen-bond acceptors (Lipinski definition) is 5. The first-order chi connectivity index (χ1) is 15.3. The number of nitrogens with zero attached hydrogens (tertiary/aromatic N) is 2. The van der Waals surface area contributed by atoms with Gasteiger partial charge in [-0.1, -0.05) is 12.5 Å². The SMILES string of the molecule is COc1ncc(C2CCC2)c(C)c1C1(C(=O)NS(=O)(=O)c2cccc3c2ccn3C)CC1. The van der Waals surface area contributed by atoms with Crippen molar-refractivity contribution in [2.75, 3.05) is 7.11 Å². The number of carbonyl (C=O) groups excluding carboxylic acids is 1. The second-order valence-electron chi connectivity index (χ2n) is 8.98. The molecule has 0 spiro atoms. The van der Waals surface area contributed by atoms with Crippen LogP contribution in [0.5, 0.6) is 5.88 Å². The lowest BCUT2D eigenvalue weighted by molar-refractivity contribution is -0.121. The minimum atomic E-state index is -4.05. The molecule has 2 saturated carbocycles. The fourth-order valence-electron chi connectivity index (χ4n) is 4.94. The molecular formula is C24H27N3O4S. The van der Waals surface area contributed by atoms with E-state index in [9.17, 15) is 13.2 Å². The summed E-state index contributed by atoms with van der Waals surface area (Å²) in [5.74, 6) is 0.339. The molecule has 2 heterocycles. The summed E-state index contributed by atoms with van der Waals surface area (Å²) in [6.45, 7) is 2.00. The molecule has 5 rings (SSSR count). The fraction of sp³-hybridized carbons (Fsp3) is 0.417. The van der Waals surface area contributed by atoms with E-state index in [0.29, 0.717) is 30.0 Å². The maximum absolute atomic E-state index is 13.5. The average molecular weight is 454 g/mol. The molecule has 2 fully saturated rings. The minimum absolute atomic E-state index is 0.102. The second-order valence-corrected chi connectivity index (χ2v) is 10.6. The highest BCUT2D eigenvalue weighted by atomic mass is 32.2. The Kier molecular flexibility index (Phi) is 4.81. The van der Waals surface area contributed by atoms with E-state index in [2.05, 4.69) is 9.71 Å². The smallest absolute Gasteiger partial charge is 0.264 e. The van der Waals surface area contributed by atoms with Gasteiger partial charge in [-0.25, -0.2) is 18.1 Å². The predicted octanol–water partition coefficient (Wildman–Crippen LogP) is 3.69. The zero-order chi connectivity index (χ0) is 22.7. The Morgan fingerprint density at radius 3 is 2.62 bits per heavy atom. The third-order valence-corrected chi connectivity index (χ3v) is 8.54. The summed E-state index contributed by atoms with van der Waals surface area (Å²) in [5, 5.41) is 0.586. The Morgan fingerprint density at radius 1 is 1.25 bits per heavy atom. The number of rotatable bonds is 6.